The van der Waals surface area contributed by atoms with Crippen molar-refractivity contribution < 1.29 is 9.47 Å². The molecule has 0 bridgehead atoms. The van der Waals surface area contributed by atoms with Crippen molar-refractivity contribution in [1.82, 2.24) is 0 Å². The van der Waals surface area contributed by atoms with Crippen LogP contribution in [0.2, 0.25) is 0 Å². The number of fused-ring (bicyclic) bond motifs is 3. The first-order valence-electron chi connectivity index (χ1n) is 9.09. The predicted molar refractivity (Wildman–Crippen MR) is 104 cm³/mol. The van der Waals surface area contributed by atoms with Crippen LogP contribution >= 0.6 is 11.3 Å². The molecule has 2 aromatic rings. The number of allylic oxidation sites excluding steroid dienone is 2. The smallest absolute Gasteiger partial charge is 0.119 e. The molecule has 2 heterocycles. The molecule has 0 amide bonds. The highest BCUT2D eigenvalue weighted by Gasteiger charge is 2.38. The molecule has 0 radical (unpaired) electrons. The lowest BCUT2D eigenvalue weighted by molar-refractivity contribution is 0.110. The molecule has 3 atom stereocenters. The van der Waals surface area contributed by atoms with Gasteiger partial charge in [-0.05, 0) is 67.0 Å². The van der Waals surface area contributed by atoms with Crippen LogP contribution in [-0.4, -0.2) is 19.8 Å². The van der Waals surface area contributed by atoms with E-state index in [2.05, 4.69) is 54.0 Å². The van der Waals surface area contributed by atoms with E-state index < -0.39 is 0 Å². The molecule has 1 aliphatic heterocycles. The third-order valence-electron chi connectivity index (χ3n) is 5.22. The van der Waals surface area contributed by atoms with Crippen molar-refractivity contribution >= 4 is 17.0 Å². The Hall–Kier alpha value is -1.78. The van der Waals surface area contributed by atoms with Gasteiger partial charge in [-0.2, -0.15) is 0 Å². The molecule has 1 aliphatic carbocycles. The van der Waals surface area contributed by atoms with E-state index in [1.165, 1.54) is 21.7 Å². The molecule has 25 heavy (non-hydrogen) atoms. The van der Waals surface area contributed by atoms with Gasteiger partial charge in [0.25, 0.3) is 0 Å². The first kappa shape index (κ1) is 16.7. The van der Waals surface area contributed by atoms with Crippen molar-refractivity contribution in [3.05, 3.63) is 57.8 Å². The Labute approximate surface area is 153 Å². The molecular formula is C21H25NO2S. The number of ether oxygens (including phenoxy) is 2. The highest BCUT2D eigenvalue weighted by molar-refractivity contribution is 7.10. The zero-order chi connectivity index (χ0) is 17.2. The minimum Gasteiger partial charge on any atom is -0.491 e. The predicted octanol–water partition coefficient (Wildman–Crippen LogP) is 5.30. The number of rotatable bonds is 6. The highest BCUT2D eigenvalue weighted by Crippen LogP contribution is 2.51. The van der Waals surface area contributed by atoms with Crippen LogP contribution in [0, 0.1) is 12.8 Å². The van der Waals surface area contributed by atoms with E-state index in [1.807, 2.05) is 18.3 Å². The lowest BCUT2D eigenvalue weighted by atomic mass is 9.78. The standard InChI is InChI=1S/C21H25NO2S/c1-3-23-10-11-24-15-7-8-19-18(13-15)16-5-4-6-17(16)20(22-19)21-14(2)9-12-25-21/h4-5,7-9,12-13,16-17,20,22H,3,6,10-11H2,1-2H3. The molecule has 0 spiro atoms. The Bertz CT molecular complexity index is 767. The monoisotopic (exact) mass is 355 g/mol. The average molecular weight is 356 g/mol. The van der Waals surface area contributed by atoms with Gasteiger partial charge in [-0.15, -0.1) is 11.3 Å². The van der Waals surface area contributed by atoms with Crippen LogP contribution < -0.4 is 10.1 Å². The third kappa shape index (κ3) is 3.21. The summed E-state index contributed by atoms with van der Waals surface area (Å²) in [5.41, 5.74) is 3.99. The number of aryl methyl sites for hydroxylation is 1. The number of benzene rings is 1. The molecular weight excluding hydrogens is 330 g/mol. The summed E-state index contributed by atoms with van der Waals surface area (Å²) in [6.07, 6.45) is 5.85. The molecule has 2 aliphatic rings. The minimum atomic E-state index is 0.400. The number of anilines is 1. The van der Waals surface area contributed by atoms with Gasteiger partial charge in [0.1, 0.15) is 12.4 Å². The molecule has 0 fully saturated rings. The average Bonchev–Trinajstić information content (AvgIpc) is 3.27. The Morgan fingerprint density at radius 1 is 1.24 bits per heavy atom. The van der Waals surface area contributed by atoms with Crippen molar-refractivity contribution in [2.75, 3.05) is 25.1 Å². The summed E-state index contributed by atoms with van der Waals surface area (Å²) in [5.74, 6) is 1.99. The molecule has 0 saturated heterocycles. The van der Waals surface area contributed by atoms with Crippen LogP contribution in [0.5, 0.6) is 5.75 Å². The number of nitrogens with one attached hydrogen (secondary N) is 1. The van der Waals surface area contributed by atoms with Gasteiger partial charge < -0.3 is 14.8 Å². The second kappa shape index (κ2) is 7.22. The lowest BCUT2D eigenvalue weighted by Crippen LogP contribution is -2.28. The maximum Gasteiger partial charge on any atom is 0.119 e. The molecule has 1 aromatic heterocycles. The van der Waals surface area contributed by atoms with Gasteiger partial charge in [0.2, 0.25) is 0 Å². The topological polar surface area (TPSA) is 30.5 Å². The lowest BCUT2D eigenvalue weighted by Gasteiger charge is -2.37. The van der Waals surface area contributed by atoms with Gasteiger partial charge in [-0.3, -0.25) is 0 Å². The molecule has 3 unspecified atom stereocenters. The minimum absolute atomic E-state index is 0.400. The van der Waals surface area contributed by atoms with E-state index in [9.17, 15) is 0 Å². The zero-order valence-corrected chi connectivity index (χ0v) is 15.6. The molecule has 0 saturated carbocycles. The van der Waals surface area contributed by atoms with Crippen LogP contribution in [-0.2, 0) is 4.74 Å². The summed E-state index contributed by atoms with van der Waals surface area (Å²) in [6, 6.07) is 9.07. The van der Waals surface area contributed by atoms with E-state index in [0.29, 0.717) is 31.1 Å². The fraction of sp³-hybridized carbons (Fsp3) is 0.429. The highest BCUT2D eigenvalue weighted by atomic mass is 32.1. The summed E-state index contributed by atoms with van der Waals surface area (Å²) in [6.45, 7) is 6.19. The first-order chi connectivity index (χ1) is 12.3. The Kier molecular flexibility index (Phi) is 4.82. The van der Waals surface area contributed by atoms with Crippen molar-refractivity contribution in [2.24, 2.45) is 5.92 Å². The summed E-state index contributed by atoms with van der Waals surface area (Å²) >= 11 is 1.87. The van der Waals surface area contributed by atoms with Crippen molar-refractivity contribution in [1.29, 1.82) is 0 Å². The molecule has 4 rings (SSSR count). The Morgan fingerprint density at radius 2 is 2.16 bits per heavy atom. The SMILES string of the molecule is CCOCCOc1ccc2c(c1)C1C=CCC1C(c1sccc1C)N2. The molecule has 132 valence electrons. The van der Waals surface area contributed by atoms with Gasteiger partial charge in [0.05, 0.1) is 12.6 Å². The second-order valence-corrected chi connectivity index (χ2v) is 7.69. The Morgan fingerprint density at radius 3 is 2.96 bits per heavy atom. The number of hydrogen-bond donors (Lipinski definition) is 1. The van der Waals surface area contributed by atoms with Crippen molar-refractivity contribution in [3.8, 4) is 5.75 Å². The van der Waals surface area contributed by atoms with Crippen LogP contribution in [0.25, 0.3) is 0 Å². The van der Waals surface area contributed by atoms with Crippen LogP contribution in [0.1, 0.15) is 41.3 Å². The summed E-state index contributed by atoms with van der Waals surface area (Å²) < 4.78 is 11.2. The van der Waals surface area contributed by atoms with Gasteiger partial charge in [-0.25, -0.2) is 0 Å². The quantitative estimate of drug-likeness (QED) is 0.563. The summed E-state index contributed by atoms with van der Waals surface area (Å²) in [5, 5.41) is 6.01. The van der Waals surface area contributed by atoms with Crippen molar-refractivity contribution in [3.63, 3.8) is 0 Å². The summed E-state index contributed by atoms with van der Waals surface area (Å²) in [4.78, 5) is 1.47. The van der Waals surface area contributed by atoms with Crippen LogP contribution in [0.15, 0.2) is 41.8 Å². The van der Waals surface area contributed by atoms with E-state index in [0.717, 1.165) is 18.8 Å². The molecule has 3 nitrogen and oxygen atoms in total. The van der Waals surface area contributed by atoms with E-state index in [-0.39, 0.29) is 0 Å². The van der Waals surface area contributed by atoms with Gasteiger partial charge in [-0.1, -0.05) is 12.2 Å². The number of thiophene rings is 1. The second-order valence-electron chi connectivity index (χ2n) is 6.74. The van der Waals surface area contributed by atoms with Gasteiger partial charge in [0.15, 0.2) is 0 Å². The van der Waals surface area contributed by atoms with Crippen LogP contribution in [0.4, 0.5) is 5.69 Å². The maximum absolute atomic E-state index is 5.87. The molecule has 1 aromatic carbocycles. The Balaban J connectivity index is 1.58. The van der Waals surface area contributed by atoms with E-state index in [1.54, 1.807) is 0 Å². The summed E-state index contributed by atoms with van der Waals surface area (Å²) in [7, 11) is 0. The molecule has 1 N–H and O–H groups in total. The molecule has 4 heteroatoms. The largest absolute Gasteiger partial charge is 0.491 e. The van der Waals surface area contributed by atoms with Gasteiger partial charge in [0, 0.05) is 23.1 Å². The fourth-order valence-electron chi connectivity index (χ4n) is 3.99. The van der Waals surface area contributed by atoms with E-state index >= 15 is 0 Å². The zero-order valence-electron chi connectivity index (χ0n) is 14.8. The number of hydrogen-bond acceptors (Lipinski definition) is 4. The van der Waals surface area contributed by atoms with Gasteiger partial charge >= 0.3 is 0 Å². The fourth-order valence-corrected chi connectivity index (χ4v) is 5.04. The van der Waals surface area contributed by atoms with Crippen LogP contribution in [0.3, 0.4) is 0 Å². The van der Waals surface area contributed by atoms with E-state index in [4.69, 9.17) is 9.47 Å². The van der Waals surface area contributed by atoms with Crippen molar-refractivity contribution in [2.45, 2.75) is 32.2 Å². The third-order valence-corrected chi connectivity index (χ3v) is 6.32. The first-order valence-corrected chi connectivity index (χ1v) is 9.97. The normalized spacial score (nSPS) is 23.8. The maximum atomic E-state index is 5.87.